The predicted octanol–water partition coefficient (Wildman–Crippen LogP) is 3.47. The first-order valence-electron chi connectivity index (χ1n) is 7.79. The molecular formula is C17H24FNO3S. The van der Waals surface area contributed by atoms with Crippen molar-refractivity contribution in [3.63, 3.8) is 0 Å². The van der Waals surface area contributed by atoms with Gasteiger partial charge in [-0.05, 0) is 49.1 Å². The van der Waals surface area contributed by atoms with E-state index in [1.165, 1.54) is 30.0 Å². The monoisotopic (exact) mass is 341 g/mol. The molecule has 0 spiro atoms. The number of hydrogen-bond acceptors (Lipinski definition) is 4. The zero-order valence-electron chi connectivity index (χ0n) is 13.9. The van der Waals surface area contributed by atoms with Gasteiger partial charge in [-0.1, -0.05) is 6.07 Å². The van der Waals surface area contributed by atoms with Crippen molar-refractivity contribution in [1.29, 1.82) is 0 Å². The number of ether oxygens (including phenoxy) is 1. The van der Waals surface area contributed by atoms with Crippen LogP contribution in [0.1, 0.15) is 30.7 Å². The molecule has 1 amide bonds. The van der Waals surface area contributed by atoms with Gasteiger partial charge in [-0.25, -0.2) is 9.45 Å². The summed E-state index contributed by atoms with van der Waals surface area (Å²) in [6, 6.07) is 5.07. The predicted molar refractivity (Wildman–Crippen MR) is 88.9 cm³/mol. The highest BCUT2D eigenvalue weighted by Crippen LogP contribution is 2.32. The largest absolute Gasteiger partial charge is 0.381 e. The number of rotatable bonds is 6. The highest BCUT2D eigenvalue weighted by atomic mass is 32.2. The molecule has 23 heavy (non-hydrogen) atoms. The molecule has 1 fully saturated rings. The minimum atomic E-state index is -0.395. The van der Waals surface area contributed by atoms with Crippen LogP contribution in [0.2, 0.25) is 0 Å². The van der Waals surface area contributed by atoms with Gasteiger partial charge in [0.25, 0.3) is 5.91 Å². The second kappa shape index (κ2) is 8.66. The maximum Gasteiger partial charge on any atom is 0.253 e. The van der Waals surface area contributed by atoms with E-state index in [2.05, 4.69) is 0 Å². The van der Waals surface area contributed by atoms with Crippen LogP contribution in [-0.4, -0.2) is 44.6 Å². The summed E-state index contributed by atoms with van der Waals surface area (Å²) in [5.41, 5.74) is 0.709. The molecule has 4 nitrogen and oxygen atoms in total. The molecule has 0 bridgehead atoms. The lowest BCUT2D eigenvalue weighted by molar-refractivity contribution is -0.171. The van der Waals surface area contributed by atoms with Gasteiger partial charge in [0.05, 0.1) is 13.0 Å². The molecule has 1 atom stereocenters. The lowest BCUT2D eigenvalue weighted by Gasteiger charge is -2.28. The average Bonchev–Trinajstić information content (AvgIpc) is 2.59. The van der Waals surface area contributed by atoms with Gasteiger partial charge in [-0.15, -0.1) is 11.8 Å². The van der Waals surface area contributed by atoms with Gasteiger partial charge in [0, 0.05) is 25.2 Å². The fourth-order valence-electron chi connectivity index (χ4n) is 2.90. The summed E-state index contributed by atoms with van der Waals surface area (Å²) in [6.45, 7) is 1.46. The van der Waals surface area contributed by atoms with Crippen molar-refractivity contribution in [2.24, 2.45) is 5.92 Å². The number of carbonyl (C=O) groups is 1. The van der Waals surface area contributed by atoms with Gasteiger partial charge < -0.3 is 4.74 Å². The number of hydroxylamine groups is 2. The standard InChI is InChI=1S/C17H24FNO3S/c1-19(21-2)17(20)14(10-12-6-8-22-9-7-12)13-4-5-16(23-3)15(18)11-13/h4-5,11-12,14H,6-10H2,1-3H3. The van der Waals surface area contributed by atoms with Crippen molar-refractivity contribution in [3.05, 3.63) is 29.6 Å². The minimum absolute atomic E-state index is 0.143. The molecule has 1 aromatic carbocycles. The lowest BCUT2D eigenvalue weighted by Crippen LogP contribution is -2.32. The molecule has 1 aliphatic rings. The lowest BCUT2D eigenvalue weighted by atomic mass is 9.84. The Morgan fingerprint density at radius 2 is 2.17 bits per heavy atom. The first-order valence-corrected chi connectivity index (χ1v) is 9.02. The highest BCUT2D eigenvalue weighted by Gasteiger charge is 2.29. The molecule has 6 heteroatoms. The van der Waals surface area contributed by atoms with Crippen LogP contribution in [0.4, 0.5) is 4.39 Å². The number of nitrogens with zero attached hydrogens (tertiary/aromatic N) is 1. The summed E-state index contributed by atoms with van der Waals surface area (Å²) < 4.78 is 19.5. The minimum Gasteiger partial charge on any atom is -0.381 e. The number of likely N-dealkylation sites (N-methyl/N-ethyl adjacent to an activating group) is 1. The number of thioether (sulfide) groups is 1. The number of carbonyl (C=O) groups excluding carboxylic acids is 1. The van der Waals surface area contributed by atoms with Crippen molar-refractivity contribution < 1.29 is 18.8 Å². The van der Waals surface area contributed by atoms with Crippen molar-refractivity contribution in [1.82, 2.24) is 5.06 Å². The van der Waals surface area contributed by atoms with Crippen molar-refractivity contribution in [2.75, 3.05) is 33.6 Å². The molecule has 1 heterocycles. The van der Waals surface area contributed by atoms with Crippen LogP contribution in [0.3, 0.4) is 0 Å². The second-order valence-electron chi connectivity index (χ2n) is 5.76. The summed E-state index contributed by atoms with van der Waals surface area (Å²) in [5, 5.41) is 1.23. The zero-order chi connectivity index (χ0) is 16.8. The van der Waals surface area contributed by atoms with Crippen LogP contribution < -0.4 is 0 Å². The van der Waals surface area contributed by atoms with E-state index in [-0.39, 0.29) is 11.7 Å². The number of amides is 1. The van der Waals surface area contributed by atoms with Crippen LogP contribution in [0.25, 0.3) is 0 Å². The van der Waals surface area contributed by atoms with E-state index >= 15 is 0 Å². The zero-order valence-corrected chi connectivity index (χ0v) is 14.7. The summed E-state index contributed by atoms with van der Waals surface area (Å²) in [5.74, 6) is -0.408. The van der Waals surface area contributed by atoms with Crippen molar-refractivity contribution in [2.45, 2.75) is 30.1 Å². The maximum atomic E-state index is 14.1. The Balaban J connectivity index is 2.24. The SMILES string of the molecule is CON(C)C(=O)C(CC1CCOCC1)c1ccc(SC)c(F)c1. The van der Waals surface area contributed by atoms with Gasteiger partial charge in [0.2, 0.25) is 0 Å². The first kappa shape index (κ1) is 18.2. The summed E-state index contributed by atoms with van der Waals surface area (Å²) in [7, 11) is 3.05. The third-order valence-electron chi connectivity index (χ3n) is 4.37. The Kier molecular flexibility index (Phi) is 6.87. The molecule has 0 radical (unpaired) electrons. The Labute approximate surface area is 141 Å². The molecule has 1 aromatic rings. The second-order valence-corrected chi connectivity index (χ2v) is 6.60. The normalized spacial score (nSPS) is 17.0. The van der Waals surface area contributed by atoms with Gasteiger partial charge in [-0.3, -0.25) is 9.63 Å². The van der Waals surface area contributed by atoms with E-state index in [4.69, 9.17) is 9.57 Å². The molecule has 1 aliphatic heterocycles. The quantitative estimate of drug-likeness (QED) is 0.587. The smallest absolute Gasteiger partial charge is 0.253 e. The van der Waals surface area contributed by atoms with Crippen molar-refractivity contribution >= 4 is 17.7 Å². The molecule has 0 aliphatic carbocycles. The van der Waals surface area contributed by atoms with Crippen LogP contribution in [-0.2, 0) is 14.4 Å². The van der Waals surface area contributed by atoms with Crippen LogP contribution in [0, 0.1) is 11.7 Å². The van der Waals surface area contributed by atoms with Gasteiger partial charge in [0.1, 0.15) is 5.82 Å². The first-order chi connectivity index (χ1) is 11.1. The third-order valence-corrected chi connectivity index (χ3v) is 5.14. The summed E-state index contributed by atoms with van der Waals surface area (Å²) in [6.07, 6.45) is 4.40. The van der Waals surface area contributed by atoms with Crippen LogP contribution in [0.5, 0.6) is 0 Å². The number of hydrogen-bond donors (Lipinski definition) is 0. The Bertz CT molecular complexity index is 535. The van der Waals surface area contributed by atoms with E-state index in [9.17, 15) is 9.18 Å². The van der Waals surface area contributed by atoms with E-state index in [1.807, 2.05) is 12.3 Å². The molecule has 128 valence electrons. The van der Waals surface area contributed by atoms with Gasteiger partial charge >= 0.3 is 0 Å². The molecular weight excluding hydrogens is 317 g/mol. The average molecular weight is 341 g/mol. The van der Waals surface area contributed by atoms with E-state index in [1.54, 1.807) is 13.1 Å². The Morgan fingerprint density at radius 3 is 2.74 bits per heavy atom. The van der Waals surface area contributed by atoms with Crippen molar-refractivity contribution in [3.8, 4) is 0 Å². The molecule has 2 rings (SSSR count). The van der Waals surface area contributed by atoms with E-state index in [0.29, 0.717) is 22.8 Å². The molecule has 0 aromatic heterocycles. The highest BCUT2D eigenvalue weighted by molar-refractivity contribution is 7.98. The van der Waals surface area contributed by atoms with Crippen LogP contribution >= 0.6 is 11.8 Å². The third kappa shape index (κ3) is 4.68. The molecule has 1 saturated heterocycles. The Morgan fingerprint density at radius 1 is 1.48 bits per heavy atom. The summed E-state index contributed by atoms with van der Waals surface area (Å²) >= 11 is 1.36. The molecule has 0 N–H and O–H groups in total. The fourth-order valence-corrected chi connectivity index (χ4v) is 3.36. The maximum absolute atomic E-state index is 14.1. The van der Waals surface area contributed by atoms with E-state index < -0.39 is 5.92 Å². The Hall–Kier alpha value is -1.11. The van der Waals surface area contributed by atoms with Gasteiger partial charge in [0.15, 0.2) is 0 Å². The number of halogens is 1. The summed E-state index contributed by atoms with van der Waals surface area (Å²) in [4.78, 5) is 18.3. The van der Waals surface area contributed by atoms with Gasteiger partial charge in [-0.2, -0.15) is 0 Å². The number of benzene rings is 1. The molecule has 1 unspecified atom stereocenters. The van der Waals surface area contributed by atoms with Crippen LogP contribution in [0.15, 0.2) is 23.1 Å². The topological polar surface area (TPSA) is 38.8 Å². The van der Waals surface area contributed by atoms with E-state index in [0.717, 1.165) is 26.1 Å². The molecule has 0 saturated carbocycles. The fraction of sp³-hybridized carbons (Fsp3) is 0.588.